The monoisotopic (exact) mass is 348 g/mol. The Morgan fingerprint density at radius 3 is 2.30 bits per heavy atom. The molecule has 0 fully saturated rings. The Morgan fingerprint density at radius 2 is 1.41 bits per heavy atom. The molecule has 1 heterocycles. The second-order valence-electron chi connectivity index (χ2n) is 7.33. The maximum Gasteiger partial charge on any atom is 0.175 e. The highest BCUT2D eigenvalue weighted by atomic mass is 15.0. The molecule has 1 heteroatoms. The molecule has 1 aliphatic rings. The van der Waals surface area contributed by atoms with Crippen molar-refractivity contribution in [2.45, 2.75) is 19.5 Å². The standard InChI is InChI=1S/C26H22N/c1-19(21-15-14-20-8-2-3-9-22(20)16-21)27-17-23-10-4-6-12-25(23)26-13-7-5-11-24(26)18-27/h2-17,19H,18H2,1H3/q+1/t19-/m0/s1. The van der Waals surface area contributed by atoms with E-state index in [0.29, 0.717) is 6.04 Å². The van der Waals surface area contributed by atoms with E-state index >= 15 is 0 Å². The van der Waals surface area contributed by atoms with Crippen LogP contribution in [0, 0.1) is 0 Å². The lowest BCUT2D eigenvalue weighted by Gasteiger charge is -2.13. The van der Waals surface area contributed by atoms with E-state index in [0.717, 1.165) is 6.54 Å². The SMILES string of the molecule is C[C@@H](c1ccc2ccccc2c1)[N+]1=Cc2ccccc2-c2ccccc2C1. The molecule has 0 spiro atoms. The predicted octanol–water partition coefficient (Wildman–Crippen LogP) is 6.21. The minimum atomic E-state index is 0.300. The number of rotatable bonds is 2. The third-order valence-corrected chi connectivity index (χ3v) is 5.68. The summed E-state index contributed by atoms with van der Waals surface area (Å²) in [7, 11) is 0. The van der Waals surface area contributed by atoms with Crippen molar-refractivity contribution in [1.82, 2.24) is 0 Å². The average molecular weight is 348 g/mol. The second-order valence-corrected chi connectivity index (χ2v) is 7.33. The van der Waals surface area contributed by atoms with Crippen molar-refractivity contribution in [2.75, 3.05) is 0 Å². The van der Waals surface area contributed by atoms with Crippen molar-refractivity contribution < 1.29 is 4.58 Å². The Bertz CT molecular complexity index is 1170. The van der Waals surface area contributed by atoms with E-state index in [1.165, 1.54) is 38.6 Å². The van der Waals surface area contributed by atoms with Gasteiger partial charge in [0, 0.05) is 23.6 Å². The number of fused-ring (bicyclic) bond motifs is 4. The minimum absolute atomic E-state index is 0.300. The molecule has 1 aliphatic heterocycles. The summed E-state index contributed by atoms with van der Waals surface area (Å²) in [5.41, 5.74) is 6.68. The molecule has 130 valence electrons. The lowest BCUT2D eigenvalue weighted by atomic mass is 9.97. The third kappa shape index (κ3) is 2.86. The van der Waals surface area contributed by atoms with Crippen LogP contribution in [0.3, 0.4) is 0 Å². The topological polar surface area (TPSA) is 3.01 Å². The molecule has 4 aromatic carbocycles. The zero-order chi connectivity index (χ0) is 18.2. The minimum Gasteiger partial charge on any atom is -0.224 e. The summed E-state index contributed by atoms with van der Waals surface area (Å²) in [6.07, 6.45) is 2.33. The average Bonchev–Trinajstić information content (AvgIpc) is 2.90. The summed E-state index contributed by atoms with van der Waals surface area (Å²) >= 11 is 0. The highest BCUT2D eigenvalue weighted by molar-refractivity contribution is 5.89. The van der Waals surface area contributed by atoms with Gasteiger partial charge in [0.15, 0.2) is 18.8 Å². The van der Waals surface area contributed by atoms with Crippen LogP contribution in [0.25, 0.3) is 21.9 Å². The zero-order valence-electron chi connectivity index (χ0n) is 15.5. The molecule has 0 saturated heterocycles. The molecular formula is C26H22N+. The lowest BCUT2D eigenvalue weighted by Crippen LogP contribution is -2.17. The summed E-state index contributed by atoms with van der Waals surface area (Å²) in [6, 6.07) is 33.2. The summed E-state index contributed by atoms with van der Waals surface area (Å²) < 4.78 is 2.47. The predicted molar refractivity (Wildman–Crippen MR) is 113 cm³/mol. The van der Waals surface area contributed by atoms with Crippen molar-refractivity contribution in [3.8, 4) is 11.1 Å². The van der Waals surface area contributed by atoms with Gasteiger partial charge in [0.25, 0.3) is 0 Å². The van der Waals surface area contributed by atoms with Crippen LogP contribution in [-0.4, -0.2) is 10.8 Å². The van der Waals surface area contributed by atoms with Crippen molar-refractivity contribution in [3.05, 3.63) is 108 Å². The van der Waals surface area contributed by atoms with Crippen LogP contribution in [0.4, 0.5) is 0 Å². The van der Waals surface area contributed by atoms with E-state index < -0.39 is 0 Å². The Hall–Kier alpha value is -3.19. The fraction of sp³-hybridized carbons (Fsp3) is 0.115. The summed E-state index contributed by atoms with van der Waals surface area (Å²) in [5.74, 6) is 0. The first-order valence-electron chi connectivity index (χ1n) is 9.56. The van der Waals surface area contributed by atoms with Crippen molar-refractivity contribution in [2.24, 2.45) is 0 Å². The molecule has 0 N–H and O–H groups in total. The van der Waals surface area contributed by atoms with E-state index in [1.807, 2.05) is 0 Å². The van der Waals surface area contributed by atoms with Gasteiger partial charge in [-0.3, -0.25) is 0 Å². The normalized spacial score (nSPS) is 14.0. The van der Waals surface area contributed by atoms with Crippen LogP contribution in [0.5, 0.6) is 0 Å². The molecule has 0 aromatic heterocycles. The molecular weight excluding hydrogens is 326 g/mol. The van der Waals surface area contributed by atoms with Crippen molar-refractivity contribution in [3.63, 3.8) is 0 Å². The van der Waals surface area contributed by atoms with Gasteiger partial charge in [-0.15, -0.1) is 0 Å². The molecule has 0 saturated carbocycles. The van der Waals surface area contributed by atoms with Gasteiger partial charge in [-0.1, -0.05) is 78.9 Å². The summed E-state index contributed by atoms with van der Waals surface area (Å²) in [5, 5.41) is 2.60. The van der Waals surface area contributed by atoms with Gasteiger partial charge in [0.05, 0.1) is 0 Å². The molecule has 0 radical (unpaired) electrons. The highest BCUT2D eigenvalue weighted by Crippen LogP contribution is 2.31. The van der Waals surface area contributed by atoms with Gasteiger partial charge in [-0.2, -0.15) is 0 Å². The number of hydrogen-bond donors (Lipinski definition) is 0. The quantitative estimate of drug-likeness (QED) is 0.379. The Kier molecular flexibility index (Phi) is 3.86. The molecule has 0 amide bonds. The molecule has 1 atom stereocenters. The number of nitrogens with zero attached hydrogens (tertiary/aromatic N) is 1. The fourth-order valence-corrected chi connectivity index (χ4v) is 4.10. The molecule has 0 bridgehead atoms. The van der Waals surface area contributed by atoms with Crippen molar-refractivity contribution >= 4 is 17.0 Å². The Labute approximate surface area is 160 Å². The third-order valence-electron chi connectivity index (χ3n) is 5.68. The lowest BCUT2D eigenvalue weighted by molar-refractivity contribution is -0.579. The van der Waals surface area contributed by atoms with E-state index in [-0.39, 0.29) is 0 Å². The van der Waals surface area contributed by atoms with Gasteiger partial charge >= 0.3 is 0 Å². The van der Waals surface area contributed by atoms with Crippen LogP contribution in [0.15, 0.2) is 91.0 Å². The molecule has 27 heavy (non-hydrogen) atoms. The zero-order valence-corrected chi connectivity index (χ0v) is 15.5. The molecule has 1 nitrogen and oxygen atoms in total. The van der Waals surface area contributed by atoms with Gasteiger partial charge in [0.2, 0.25) is 0 Å². The first kappa shape index (κ1) is 16.0. The van der Waals surface area contributed by atoms with Gasteiger partial charge in [-0.05, 0) is 34.0 Å². The molecule has 0 aliphatic carbocycles. The largest absolute Gasteiger partial charge is 0.224 e. The maximum absolute atomic E-state index is 2.47. The van der Waals surface area contributed by atoms with Gasteiger partial charge in [-0.25, -0.2) is 4.58 Å². The maximum atomic E-state index is 2.47. The van der Waals surface area contributed by atoms with Gasteiger partial charge < -0.3 is 0 Å². The van der Waals surface area contributed by atoms with E-state index in [4.69, 9.17) is 0 Å². The number of hydrogen-bond acceptors (Lipinski definition) is 0. The summed E-state index contributed by atoms with van der Waals surface area (Å²) in [6.45, 7) is 3.22. The summed E-state index contributed by atoms with van der Waals surface area (Å²) in [4.78, 5) is 0. The molecule has 0 unspecified atom stereocenters. The second kappa shape index (κ2) is 6.51. The highest BCUT2D eigenvalue weighted by Gasteiger charge is 2.24. The van der Waals surface area contributed by atoms with Crippen LogP contribution in [0.1, 0.15) is 29.7 Å². The Balaban J connectivity index is 1.63. The smallest absolute Gasteiger partial charge is 0.175 e. The van der Waals surface area contributed by atoms with E-state index in [1.54, 1.807) is 0 Å². The van der Waals surface area contributed by atoms with Gasteiger partial charge in [0.1, 0.15) is 0 Å². The van der Waals surface area contributed by atoms with Crippen LogP contribution in [0.2, 0.25) is 0 Å². The fourth-order valence-electron chi connectivity index (χ4n) is 4.10. The molecule has 4 aromatic rings. The van der Waals surface area contributed by atoms with Crippen LogP contribution in [-0.2, 0) is 6.54 Å². The first-order chi connectivity index (χ1) is 13.3. The first-order valence-corrected chi connectivity index (χ1v) is 9.56. The number of benzene rings is 4. The van der Waals surface area contributed by atoms with E-state index in [9.17, 15) is 0 Å². The van der Waals surface area contributed by atoms with Crippen LogP contribution >= 0.6 is 0 Å². The van der Waals surface area contributed by atoms with Crippen molar-refractivity contribution in [1.29, 1.82) is 0 Å². The Morgan fingerprint density at radius 1 is 0.704 bits per heavy atom. The van der Waals surface area contributed by atoms with Crippen LogP contribution < -0.4 is 0 Å². The van der Waals surface area contributed by atoms with E-state index in [2.05, 4.69) is 109 Å². The molecule has 5 rings (SSSR count).